The Labute approximate surface area is 135 Å². The van der Waals surface area contributed by atoms with Gasteiger partial charge in [-0.15, -0.1) is 0 Å². The Bertz CT molecular complexity index is 712. The Morgan fingerprint density at radius 1 is 1.43 bits per heavy atom. The van der Waals surface area contributed by atoms with E-state index in [4.69, 9.17) is 0 Å². The molecular weight excluding hydrogens is 295 g/mol. The monoisotopic (exact) mass is 316 g/mol. The summed E-state index contributed by atoms with van der Waals surface area (Å²) < 4.78 is 15.5. The minimum atomic E-state index is -0.148. The SMILES string of the molecule is CC(=O)Nc1ccn([C@H]2CCN(Cc3ccc(C)c(F)c3)C2)n1. The summed E-state index contributed by atoms with van der Waals surface area (Å²) >= 11 is 0. The lowest BCUT2D eigenvalue weighted by Crippen LogP contribution is -2.21. The van der Waals surface area contributed by atoms with E-state index in [1.165, 1.54) is 6.92 Å². The maximum absolute atomic E-state index is 13.6. The van der Waals surface area contributed by atoms with E-state index >= 15 is 0 Å². The molecule has 1 atom stereocenters. The van der Waals surface area contributed by atoms with Crippen LogP contribution in [0.15, 0.2) is 30.5 Å². The normalized spacial score (nSPS) is 18.3. The molecule has 1 aliphatic heterocycles. The van der Waals surface area contributed by atoms with Crippen LogP contribution in [0.1, 0.15) is 30.5 Å². The zero-order valence-electron chi connectivity index (χ0n) is 13.4. The van der Waals surface area contributed by atoms with Gasteiger partial charge in [-0.3, -0.25) is 14.4 Å². The Hall–Kier alpha value is -2.21. The molecule has 0 bridgehead atoms. The quantitative estimate of drug-likeness (QED) is 0.943. The number of hydrogen-bond acceptors (Lipinski definition) is 3. The van der Waals surface area contributed by atoms with Crippen molar-refractivity contribution in [3.63, 3.8) is 0 Å². The summed E-state index contributed by atoms with van der Waals surface area (Å²) in [4.78, 5) is 13.4. The van der Waals surface area contributed by atoms with Crippen LogP contribution >= 0.6 is 0 Å². The van der Waals surface area contributed by atoms with Crippen LogP contribution in [0.25, 0.3) is 0 Å². The van der Waals surface area contributed by atoms with Crippen LogP contribution in [0.4, 0.5) is 10.2 Å². The van der Waals surface area contributed by atoms with E-state index in [0.717, 1.165) is 31.6 Å². The van der Waals surface area contributed by atoms with Gasteiger partial charge in [0.05, 0.1) is 6.04 Å². The number of halogens is 1. The number of carbonyl (C=O) groups excluding carboxylic acids is 1. The van der Waals surface area contributed by atoms with E-state index in [0.29, 0.717) is 11.4 Å². The smallest absolute Gasteiger partial charge is 0.222 e. The Morgan fingerprint density at radius 3 is 3.00 bits per heavy atom. The molecule has 3 rings (SSSR count). The largest absolute Gasteiger partial charge is 0.309 e. The third-order valence-corrected chi connectivity index (χ3v) is 4.18. The van der Waals surface area contributed by atoms with Gasteiger partial charge in [0.1, 0.15) is 5.82 Å². The first-order valence-corrected chi connectivity index (χ1v) is 7.81. The molecule has 0 spiro atoms. The van der Waals surface area contributed by atoms with Gasteiger partial charge in [0.25, 0.3) is 0 Å². The van der Waals surface area contributed by atoms with Crippen molar-refractivity contribution < 1.29 is 9.18 Å². The summed E-state index contributed by atoms with van der Waals surface area (Å²) in [6, 6.07) is 7.51. The predicted octanol–water partition coefficient (Wildman–Crippen LogP) is 2.74. The summed E-state index contributed by atoms with van der Waals surface area (Å²) in [5.74, 6) is 0.312. The first kappa shape index (κ1) is 15.7. The number of aromatic nitrogens is 2. The fourth-order valence-electron chi connectivity index (χ4n) is 2.95. The molecule has 1 N–H and O–H groups in total. The van der Waals surface area contributed by atoms with Crippen molar-refractivity contribution in [3.05, 3.63) is 47.4 Å². The number of aryl methyl sites for hydroxylation is 1. The maximum atomic E-state index is 13.6. The van der Waals surface area contributed by atoms with Gasteiger partial charge >= 0.3 is 0 Å². The molecule has 6 heteroatoms. The van der Waals surface area contributed by atoms with Crippen molar-refractivity contribution in [2.45, 2.75) is 32.9 Å². The van der Waals surface area contributed by atoms with Crippen LogP contribution in [0.5, 0.6) is 0 Å². The lowest BCUT2D eigenvalue weighted by Gasteiger charge is -2.16. The van der Waals surface area contributed by atoms with Crippen LogP contribution < -0.4 is 5.32 Å². The maximum Gasteiger partial charge on any atom is 0.222 e. The third kappa shape index (κ3) is 3.76. The van der Waals surface area contributed by atoms with Crippen LogP contribution in [0, 0.1) is 12.7 Å². The molecule has 122 valence electrons. The number of amides is 1. The Kier molecular flexibility index (Phi) is 4.43. The predicted molar refractivity (Wildman–Crippen MR) is 86.6 cm³/mol. The van der Waals surface area contributed by atoms with Gasteiger partial charge in [0.15, 0.2) is 5.82 Å². The Balaban J connectivity index is 1.60. The lowest BCUT2D eigenvalue weighted by molar-refractivity contribution is -0.114. The minimum Gasteiger partial charge on any atom is -0.309 e. The highest BCUT2D eigenvalue weighted by molar-refractivity contribution is 5.87. The van der Waals surface area contributed by atoms with Crippen molar-refractivity contribution in [1.82, 2.24) is 14.7 Å². The number of hydrogen-bond donors (Lipinski definition) is 1. The molecule has 0 aliphatic carbocycles. The Morgan fingerprint density at radius 2 is 2.26 bits per heavy atom. The van der Waals surface area contributed by atoms with Crippen LogP contribution in [-0.4, -0.2) is 33.7 Å². The number of rotatable bonds is 4. The van der Waals surface area contributed by atoms with Crippen LogP contribution in [0.2, 0.25) is 0 Å². The molecule has 23 heavy (non-hydrogen) atoms. The average molecular weight is 316 g/mol. The van der Waals surface area contributed by atoms with Crippen molar-refractivity contribution in [2.24, 2.45) is 0 Å². The highest BCUT2D eigenvalue weighted by atomic mass is 19.1. The van der Waals surface area contributed by atoms with Gasteiger partial charge < -0.3 is 5.32 Å². The molecule has 0 saturated carbocycles. The first-order valence-electron chi connectivity index (χ1n) is 7.81. The molecule has 1 amide bonds. The zero-order valence-corrected chi connectivity index (χ0v) is 13.4. The van der Waals surface area contributed by atoms with Crippen molar-refractivity contribution in [3.8, 4) is 0 Å². The second-order valence-corrected chi connectivity index (χ2v) is 6.12. The number of carbonyl (C=O) groups is 1. The second-order valence-electron chi connectivity index (χ2n) is 6.12. The fraction of sp³-hybridized carbons (Fsp3) is 0.412. The molecule has 1 aromatic heterocycles. The minimum absolute atomic E-state index is 0.121. The number of nitrogens with one attached hydrogen (secondary N) is 1. The highest BCUT2D eigenvalue weighted by Crippen LogP contribution is 2.24. The molecule has 5 nitrogen and oxygen atoms in total. The topological polar surface area (TPSA) is 50.2 Å². The van der Waals surface area contributed by atoms with Crippen molar-refractivity contribution >= 4 is 11.7 Å². The number of benzene rings is 1. The average Bonchev–Trinajstić information content (AvgIpc) is 3.11. The molecule has 2 heterocycles. The molecular formula is C17H21FN4O. The first-order chi connectivity index (χ1) is 11.0. The van der Waals surface area contributed by atoms with E-state index in [2.05, 4.69) is 15.3 Å². The summed E-state index contributed by atoms with van der Waals surface area (Å²) in [7, 11) is 0. The lowest BCUT2D eigenvalue weighted by atomic mass is 10.1. The number of anilines is 1. The summed E-state index contributed by atoms with van der Waals surface area (Å²) in [6.45, 7) is 5.81. The van der Waals surface area contributed by atoms with Gasteiger partial charge in [-0.2, -0.15) is 5.10 Å². The van der Waals surface area contributed by atoms with Gasteiger partial charge in [0, 0.05) is 38.8 Å². The molecule has 2 aromatic rings. The number of likely N-dealkylation sites (tertiary alicyclic amines) is 1. The highest BCUT2D eigenvalue weighted by Gasteiger charge is 2.24. The van der Waals surface area contributed by atoms with Crippen LogP contribution in [-0.2, 0) is 11.3 Å². The van der Waals surface area contributed by atoms with E-state index in [1.54, 1.807) is 19.1 Å². The fourth-order valence-corrected chi connectivity index (χ4v) is 2.95. The third-order valence-electron chi connectivity index (χ3n) is 4.18. The molecule has 0 radical (unpaired) electrons. The standard InChI is InChI=1S/C17H21FN4O/c1-12-3-4-14(9-16(12)18)10-21-7-5-15(11-21)22-8-6-17(20-22)19-13(2)23/h3-4,6,8-9,15H,5,7,10-11H2,1-2H3,(H,19,20,23)/t15-/m0/s1. The molecule has 1 saturated heterocycles. The molecule has 1 fully saturated rings. The summed E-state index contributed by atoms with van der Waals surface area (Å²) in [5, 5.41) is 7.08. The zero-order chi connectivity index (χ0) is 16.4. The van der Waals surface area contributed by atoms with E-state index < -0.39 is 0 Å². The number of nitrogens with zero attached hydrogens (tertiary/aromatic N) is 3. The van der Waals surface area contributed by atoms with Gasteiger partial charge in [-0.05, 0) is 30.5 Å². The molecule has 1 aromatic carbocycles. The molecule has 1 aliphatic rings. The summed E-state index contributed by atoms with van der Waals surface area (Å²) in [6.07, 6.45) is 2.89. The van der Waals surface area contributed by atoms with Gasteiger partial charge in [0.2, 0.25) is 5.91 Å². The van der Waals surface area contributed by atoms with E-state index in [9.17, 15) is 9.18 Å². The van der Waals surface area contributed by atoms with Crippen molar-refractivity contribution in [1.29, 1.82) is 0 Å². The van der Waals surface area contributed by atoms with Gasteiger partial charge in [-0.25, -0.2) is 4.39 Å². The van der Waals surface area contributed by atoms with Gasteiger partial charge in [-0.1, -0.05) is 12.1 Å². The van der Waals surface area contributed by atoms with E-state index in [1.807, 2.05) is 23.0 Å². The van der Waals surface area contributed by atoms with Crippen molar-refractivity contribution in [2.75, 3.05) is 18.4 Å². The van der Waals surface area contributed by atoms with Crippen LogP contribution in [0.3, 0.4) is 0 Å². The molecule has 0 unspecified atom stereocenters. The van der Waals surface area contributed by atoms with E-state index in [-0.39, 0.29) is 17.8 Å². The second kappa shape index (κ2) is 6.50. The summed E-state index contributed by atoms with van der Waals surface area (Å²) in [5.41, 5.74) is 1.67.